The second-order valence-electron chi connectivity index (χ2n) is 5.67. The molecule has 0 aliphatic heterocycles. The van der Waals surface area contributed by atoms with Crippen molar-refractivity contribution in [2.75, 3.05) is 0 Å². The number of hydrazone groups is 1. The summed E-state index contributed by atoms with van der Waals surface area (Å²) in [6.45, 7) is 4.62. The van der Waals surface area contributed by atoms with Gasteiger partial charge in [-0.1, -0.05) is 30.3 Å². The van der Waals surface area contributed by atoms with E-state index < -0.39 is 0 Å². The molecule has 6 heteroatoms. The standard InChI is InChI=1S/C19H19N5O/c1-14-18(12-21-22-19(25)17-9-6-10-20-11-17)15(2)24(23-14)13-16-7-4-3-5-8-16/h3-12H,13H2,1-2H3,(H,22,25)/b21-12-. The lowest BCUT2D eigenvalue weighted by Crippen LogP contribution is -2.17. The van der Waals surface area contributed by atoms with Crippen LogP contribution in [0.15, 0.2) is 60.0 Å². The van der Waals surface area contributed by atoms with E-state index in [1.54, 1.807) is 24.5 Å². The molecule has 0 saturated carbocycles. The maximum absolute atomic E-state index is 12.0. The molecule has 3 rings (SSSR count). The summed E-state index contributed by atoms with van der Waals surface area (Å²) in [4.78, 5) is 15.9. The van der Waals surface area contributed by atoms with Crippen LogP contribution >= 0.6 is 0 Å². The first-order valence-corrected chi connectivity index (χ1v) is 7.96. The molecule has 2 heterocycles. The fraction of sp³-hybridized carbons (Fsp3) is 0.158. The maximum Gasteiger partial charge on any atom is 0.272 e. The molecule has 3 aromatic rings. The quantitative estimate of drug-likeness (QED) is 0.576. The molecule has 0 aliphatic carbocycles. The average Bonchev–Trinajstić information content (AvgIpc) is 2.90. The number of benzene rings is 1. The highest BCUT2D eigenvalue weighted by molar-refractivity contribution is 5.94. The molecule has 0 aliphatic rings. The Morgan fingerprint density at radius 2 is 2.00 bits per heavy atom. The van der Waals surface area contributed by atoms with Crippen molar-refractivity contribution in [3.63, 3.8) is 0 Å². The zero-order valence-corrected chi connectivity index (χ0v) is 14.2. The number of nitrogens with one attached hydrogen (secondary N) is 1. The highest BCUT2D eigenvalue weighted by atomic mass is 16.2. The van der Waals surface area contributed by atoms with Crippen LogP contribution in [-0.2, 0) is 6.54 Å². The van der Waals surface area contributed by atoms with Gasteiger partial charge in [-0.25, -0.2) is 5.43 Å². The molecule has 0 unspecified atom stereocenters. The van der Waals surface area contributed by atoms with Crippen LogP contribution in [0.25, 0.3) is 0 Å². The van der Waals surface area contributed by atoms with Crippen molar-refractivity contribution in [1.29, 1.82) is 0 Å². The van der Waals surface area contributed by atoms with Gasteiger partial charge in [0.2, 0.25) is 0 Å². The number of hydrogen-bond donors (Lipinski definition) is 1. The molecule has 1 aromatic carbocycles. The predicted octanol–water partition coefficient (Wildman–Crippen LogP) is 2.71. The van der Waals surface area contributed by atoms with Crippen LogP contribution in [0.1, 0.15) is 32.9 Å². The van der Waals surface area contributed by atoms with Gasteiger partial charge < -0.3 is 0 Å². The second-order valence-corrected chi connectivity index (χ2v) is 5.67. The maximum atomic E-state index is 12.0. The molecule has 6 nitrogen and oxygen atoms in total. The first-order chi connectivity index (χ1) is 12.1. The van der Waals surface area contributed by atoms with Crippen LogP contribution in [0.5, 0.6) is 0 Å². The van der Waals surface area contributed by atoms with E-state index in [2.05, 4.69) is 32.7 Å². The summed E-state index contributed by atoms with van der Waals surface area (Å²) in [5.41, 5.74) is 6.94. The van der Waals surface area contributed by atoms with Crippen LogP contribution in [0, 0.1) is 13.8 Å². The van der Waals surface area contributed by atoms with Gasteiger partial charge in [-0.2, -0.15) is 10.2 Å². The predicted molar refractivity (Wildman–Crippen MR) is 96.5 cm³/mol. The Morgan fingerprint density at radius 1 is 1.20 bits per heavy atom. The summed E-state index contributed by atoms with van der Waals surface area (Å²) in [6, 6.07) is 13.5. The molecule has 0 bridgehead atoms. The zero-order valence-electron chi connectivity index (χ0n) is 14.2. The molecule has 1 N–H and O–H groups in total. The normalized spacial score (nSPS) is 11.0. The summed E-state index contributed by atoms with van der Waals surface area (Å²) in [5.74, 6) is -0.295. The van der Waals surface area contributed by atoms with E-state index in [9.17, 15) is 4.79 Å². The van der Waals surface area contributed by atoms with Crippen LogP contribution in [-0.4, -0.2) is 26.9 Å². The Hall–Kier alpha value is -3.28. The summed E-state index contributed by atoms with van der Waals surface area (Å²) in [6.07, 6.45) is 4.75. The van der Waals surface area contributed by atoms with Gasteiger partial charge in [0.05, 0.1) is 24.0 Å². The molecule has 126 valence electrons. The van der Waals surface area contributed by atoms with Gasteiger partial charge in [0.25, 0.3) is 5.91 Å². The molecule has 0 spiro atoms. The number of amides is 1. The Kier molecular flexibility index (Phi) is 4.99. The third-order valence-corrected chi connectivity index (χ3v) is 3.90. The summed E-state index contributed by atoms with van der Waals surface area (Å²) in [7, 11) is 0. The van der Waals surface area contributed by atoms with Crippen molar-refractivity contribution in [3.8, 4) is 0 Å². The molecule has 2 aromatic heterocycles. The number of aromatic nitrogens is 3. The molecule has 0 atom stereocenters. The smallest absolute Gasteiger partial charge is 0.267 e. The van der Waals surface area contributed by atoms with Gasteiger partial charge in [0.1, 0.15) is 0 Å². The largest absolute Gasteiger partial charge is 0.272 e. The third kappa shape index (κ3) is 3.98. The van der Waals surface area contributed by atoms with E-state index in [-0.39, 0.29) is 5.91 Å². The number of rotatable bonds is 5. The monoisotopic (exact) mass is 333 g/mol. The first-order valence-electron chi connectivity index (χ1n) is 7.96. The highest BCUT2D eigenvalue weighted by Crippen LogP contribution is 2.12. The molecule has 1 amide bonds. The SMILES string of the molecule is Cc1nn(Cc2ccccc2)c(C)c1/C=N\NC(=O)c1cccnc1. The Labute approximate surface area is 146 Å². The van der Waals surface area contributed by atoms with Crippen molar-refractivity contribution in [2.45, 2.75) is 20.4 Å². The minimum absolute atomic E-state index is 0.295. The second kappa shape index (κ2) is 7.53. The van der Waals surface area contributed by atoms with Crippen LogP contribution in [0.4, 0.5) is 0 Å². The van der Waals surface area contributed by atoms with E-state index in [0.717, 1.165) is 17.0 Å². The topological polar surface area (TPSA) is 72.2 Å². The highest BCUT2D eigenvalue weighted by Gasteiger charge is 2.10. The number of carbonyl (C=O) groups excluding carboxylic acids is 1. The van der Waals surface area contributed by atoms with Gasteiger partial charge in [0.15, 0.2) is 0 Å². The Bertz CT molecular complexity index is 885. The summed E-state index contributed by atoms with van der Waals surface area (Å²) >= 11 is 0. The van der Waals surface area contributed by atoms with Gasteiger partial charge in [-0.05, 0) is 31.5 Å². The number of carbonyl (C=O) groups is 1. The van der Waals surface area contributed by atoms with Gasteiger partial charge in [0, 0.05) is 23.7 Å². The molecular formula is C19H19N5O. The fourth-order valence-corrected chi connectivity index (χ4v) is 2.52. The lowest BCUT2D eigenvalue weighted by molar-refractivity contribution is 0.0955. The van der Waals surface area contributed by atoms with Crippen molar-refractivity contribution in [3.05, 3.63) is 82.9 Å². The summed E-state index contributed by atoms with van der Waals surface area (Å²) in [5, 5.41) is 8.62. The third-order valence-electron chi connectivity index (χ3n) is 3.90. The number of aryl methyl sites for hydroxylation is 1. The Balaban J connectivity index is 1.71. The van der Waals surface area contributed by atoms with Gasteiger partial charge in [-0.3, -0.25) is 14.5 Å². The van der Waals surface area contributed by atoms with Crippen molar-refractivity contribution < 1.29 is 4.79 Å². The van der Waals surface area contributed by atoms with E-state index >= 15 is 0 Å². The van der Waals surface area contributed by atoms with Crippen molar-refractivity contribution >= 4 is 12.1 Å². The molecule has 0 fully saturated rings. The molecular weight excluding hydrogens is 314 g/mol. The number of hydrogen-bond acceptors (Lipinski definition) is 4. The first kappa shape index (κ1) is 16.6. The van der Waals surface area contributed by atoms with Crippen molar-refractivity contribution in [2.24, 2.45) is 5.10 Å². The van der Waals surface area contributed by atoms with Gasteiger partial charge >= 0.3 is 0 Å². The lowest BCUT2D eigenvalue weighted by atomic mass is 10.2. The molecule has 25 heavy (non-hydrogen) atoms. The summed E-state index contributed by atoms with van der Waals surface area (Å²) < 4.78 is 1.94. The van der Waals surface area contributed by atoms with E-state index in [4.69, 9.17) is 0 Å². The zero-order chi connectivity index (χ0) is 17.6. The van der Waals surface area contributed by atoms with E-state index in [1.807, 2.05) is 36.7 Å². The van der Waals surface area contributed by atoms with E-state index in [1.165, 1.54) is 11.8 Å². The van der Waals surface area contributed by atoms with Crippen LogP contribution < -0.4 is 5.43 Å². The van der Waals surface area contributed by atoms with Gasteiger partial charge in [-0.15, -0.1) is 0 Å². The average molecular weight is 333 g/mol. The molecule has 0 radical (unpaired) electrons. The van der Waals surface area contributed by atoms with Crippen molar-refractivity contribution in [1.82, 2.24) is 20.2 Å². The number of nitrogens with zero attached hydrogens (tertiary/aromatic N) is 4. The fourth-order valence-electron chi connectivity index (χ4n) is 2.52. The Morgan fingerprint density at radius 3 is 2.72 bits per heavy atom. The van der Waals surface area contributed by atoms with Crippen LogP contribution in [0.2, 0.25) is 0 Å². The lowest BCUT2D eigenvalue weighted by Gasteiger charge is -2.04. The van der Waals surface area contributed by atoms with E-state index in [0.29, 0.717) is 12.1 Å². The number of pyridine rings is 1. The minimum atomic E-state index is -0.295. The van der Waals surface area contributed by atoms with Crippen LogP contribution in [0.3, 0.4) is 0 Å². The minimum Gasteiger partial charge on any atom is -0.267 e. The molecule has 0 saturated heterocycles.